The van der Waals surface area contributed by atoms with Crippen molar-refractivity contribution >= 4 is 23.6 Å². The van der Waals surface area contributed by atoms with Crippen LogP contribution in [0.15, 0.2) is 0 Å². The fourth-order valence-electron chi connectivity index (χ4n) is 3.93. The molecule has 2 aliphatic heterocycles. The Morgan fingerprint density at radius 3 is 2.74 bits per heavy atom. The van der Waals surface area contributed by atoms with Gasteiger partial charge in [-0.15, -0.1) is 0 Å². The molecule has 1 aliphatic carbocycles. The van der Waals surface area contributed by atoms with E-state index in [1.165, 1.54) is 12.8 Å². The Kier molecular flexibility index (Phi) is 5.21. The van der Waals surface area contributed by atoms with Gasteiger partial charge in [0.15, 0.2) is 0 Å². The molecule has 2 saturated heterocycles. The summed E-state index contributed by atoms with van der Waals surface area (Å²) in [5.41, 5.74) is -0.0136. The van der Waals surface area contributed by atoms with Gasteiger partial charge in [0.25, 0.3) is 0 Å². The highest BCUT2D eigenvalue weighted by molar-refractivity contribution is 7.99. The second-order valence-corrected chi connectivity index (χ2v) is 8.29. The van der Waals surface area contributed by atoms with Gasteiger partial charge < -0.3 is 9.80 Å². The Morgan fingerprint density at radius 1 is 1.26 bits per heavy atom. The van der Waals surface area contributed by atoms with Crippen LogP contribution in [0.2, 0.25) is 0 Å². The summed E-state index contributed by atoms with van der Waals surface area (Å²) in [6.45, 7) is 4.32. The molecule has 3 fully saturated rings. The number of carbonyl (C=O) groups excluding carboxylic acids is 2. The number of thioether (sulfide) groups is 1. The van der Waals surface area contributed by atoms with Gasteiger partial charge >= 0.3 is 0 Å². The lowest BCUT2D eigenvalue weighted by Crippen LogP contribution is -2.62. The van der Waals surface area contributed by atoms with E-state index in [9.17, 15) is 9.59 Å². The van der Waals surface area contributed by atoms with Crippen molar-refractivity contribution in [2.45, 2.75) is 37.6 Å². The molecule has 6 heteroatoms. The lowest BCUT2D eigenvalue weighted by molar-refractivity contribution is -0.134. The summed E-state index contributed by atoms with van der Waals surface area (Å²) in [5.74, 6) is 1.87. The molecule has 130 valence electrons. The highest BCUT2D eigenvalue weighted by Gasteiger charge is 2.43. The van der Waals surface area contributed by atoms with E-state index in [2.05, 4.69) is 16.8 Å². The van der Waals surface area contributed by atoms with Crippen LogP contribution in [0.1, 0.15) is 32.1 Å². The highest BCUT2D eigenvalue weighted by atomic mass is 32.2. The topological polar surface area (TPSA) is 43.9 Å². The fourth-order valence-corrected chi connectivity index (χ4v) is 4.36. The van der Waals surface area contributed by atoms with Crippen LogP contribution in [0.5, 0.6) is 0 Å². The van der Waals surface area contributed by atoms with E-state index < -0.39 is 0 Å². The van der Waals surface area contributed by atoms with Crippen molar-refractivity contribution < 1.29 is 9.59 Å². The number of carbonyl (C=O) groups is 2. The first-order chi connectivity index (χ1) is 11.0. The monoisotopic (exact) mass is 339 g/mol. The van der Waals surface area contributed by atoms with Crippen molar-refractivity contribution in [3.8, 4) is 0 Å². The molecule has 3 rings (SSSR count). The number of hydrogen-bond donors (Lipinski definition) is 0. The number of rotatable bonds is 4. The van der Waals surface area contributed by atoms with Gasteiger partial charge in [0.05, 0.1) is 5.75 Å². The summed E-state index contributed by atoms with van der Waals surface area (Å²) in [6, 6.07) is 0. The first-order valence-electron chi connectivity index (χ1n) is 8.80. The predicted molar refractivity (Wildman–Crippen MR) is 93.5 cm³/mol. The molecule has 1 saturated carbocycles. The van der Waals surface area contributed by atoms with Crippen LogP contribution < -0.4 is 0 Å². The largest absolute Gasteiger partial charge is 0.342 e. The van der Waals surface area contributed by atoms with Crippen LogP contribution in [0.4, 0.5) is 0 Å². The molecule has 0 aromatic heterocycles. The summed E-state index contributed by atoms with van der Waals surface area (Å²) in [7, 11) is 2.16. The summed E-state index contributed by atoms with van der Waals surface area (Å²) >= 11 is 1.59. The van der Waals surface area contributed by atoms with Gasteiger partial charge in [0, 0.05) is 44.7 Å². The Labute approximate surface area is 143 Å². The second-order valence-electron chi connectivity index (χ2n) is 7.43. The first kappa shape index (κ1) is 17.1. The van der Waals surface area contributed by atoms with Crippen LogP contribution in [-0.2, 0) is 9.59 Å². The van der Waals surface area contributed by atoms with Crippen LogP contribution in [0, 0.1) is 5.92 Å². The number of piperazine rings is 1. The highest BCUT2D eigenvalue weighted by Crippen LogP contribution is 2.35. The zero-order valence-electron chi connectivity index (χ0n) is 14.4. The predicted octanol–water partition coefficient (Wildman–Crippen LogP) is 1.28. The Hall–Kier alpha value is -0.750. The van der Waals surface area contributed by atoms with E-state index in [0.717, 1.165) is 51.5 Å². The number of likely N-dealkylation sites (N-methyl/N-ethyl adjacent to an activating group) is 1. The quantitative estimate of drug-likeness (QED) is 0.774. The number of nitrogens with zero attached hydrogens (tertiary/aromatic N) is 3. The summed E-state index contributed by atoms with van der Waals surface area (Å²) in [4.78, 5) is 31.3. The average Bonchev–Trinajstić information content (AvgIpc) is 3.36. The van der Waals surface area contributed by atoms with Gasteiger partial charge in [-0.25, -0.2) is 0 Å². The van der Waals surface area contributed by atoms with Crippen molar-refractivity contribution in [1.82, 2.24) is 14.7 Å². The third kappa shape index (κ3) is 3.85. The summed E-state index contributed by atoms with van der Waals surface area (Å²) in [6.07, 6.45) is 7.04. The molecule has 2 amide bonds. The molecule has 0 N–H and O–H groups in total. The van der Waals surface area contributed by atoms with Crippen molar-refractivity contribution in [2.24, 2.45) is 5.92 Å². The van der Waals surface area contributed by atoms with Gasteiger partial charge in [-0.2, -0.15) is 11.8 Å². The third-order valence-corrected chi connectivity index (χ3v) is 6.34. The zero-order valence-corrected chi connectivity index (χ0v) is 15.2. The summed E-state index contributed by atoms with van der Waals surface area (Å²) in [5, 5.41) is 0. The summed E-state index contributed by atoms with van der Waals surface area (Å²) < 4.78 is 0. The molecule has 2 heterocycles. The van der Waals surface area contributed by atoms with E-state index in [4.69, 9.17) is 0 Å². The first-order valence-corrected chi connectivity index (χ1v) is 10.2. The molecule has 3 aliphatic rings. The molecule has 0 aromatic carbocycles. The average molecular weight is 340 g/mol. The van der Waals surface area contributed by atoms with E-state index in [0.29, 0.717) is 18.1 Å². The maximum Gasteiger partial charge on any atom is 0.232 e. The van der Waals surface area contributed by atoms with Crippen molar-refractivity contribution in [3.05, 3.63) is 0 Å². The van der Waals surface area contributed by atoms with Crippen LogP contribution in [0.25, 0.3) is 0 Å². The fraction of sp³-hybridized carbons (Fsp3) is 0.882. The number of amides is 2. The maximum absolute atomic E-state index is 12.5. The Balaban J connectivity index is 1.68. The lowest BCUT2D eigenvalue weighted by Gasteiger charge is -2.49. The molecule has 23 heavy (non-hydrogen) atoms. The second kappa shape index (κ2) is 7.01. The zero-order chi connectivity index (χ0) is 16.4. The van der Waals surface area contributed by atoms with Crippen molar-refractivity contribution in [2.75, 3.05) is 51.8 Å². The van der Waals surface area contributed by atoms with Crippen molar-refractivity contribution in [3.63, 3.8) is 0 Å². The van der Waals surface area contributed by atoms with E-state index in [-0.39, 0.29) is 11.4 Å². The molecular formula is C17H29N3O2S. The number of hydrogen-bond acceptors (Lipinski definition) is 4. The number of likely N-dealkylation sites (tertiary alicyclic amines) is 1. The molecular weight excluding hydrogens is 310 g/mol. The third-order valence-electron chi connectivity index (χ3n) is 5.80. The molecule has 0 aromatic rings. The van der Waals surface area contributed by atoms with Gasteiger partial charge in [-0.05, 0) is 44.9 Å². The van der Waals surface area contributed by atoms with Crippen LogP contribution in [0.3, 0.4) is 0 Å². The molecule has 0 bridgehead atoms. The normalized spacial score (nSPS) is 29.9. The molecule has 1 unspecified atom stereocenters. The maximum atomic E-state index is 12.5. The molecule has 0 radical (unpaired) electrons. The minimum absolute atomic E-state index is 0.0136. The van der Waals surface area contributed by atoms with Gasteiger partial charge in [0.1, 0.15) is 0 Å². The Morgan fingerprint density at radius 2 is 2.04 bits per heavy atom. The van der Waals surface area contributed by atoms with Crippen LogP contribution >= 0.6 is 11.8 Å². The van der Waals surface area contributed by atoms with Gasteiger partial charge in [-0.1, -0.05) is 0 Å². The molecule has 1 atom stereocenters. The van der Waals surface area contributed by atoms with E-state index in [1.807, 2.05) is 11.2 Å². The van der Waals surface area contributed by atoms with E-state index in [1.54, 1.807) is 11.8 Å². The minimum Gasteiger partial charge on any atom is -0.342 e. The molecule has 1 spiro atoms. The van der Waals surface area contributed by atoms with Crippen molar-refractivity contribution in [1.29, 1.82) is 0 Å². The Bertz CT molecular complexity index is 469. The lowest BCUT2D eigenvalue weighted by atomic mass is 9.86. The SMILES string of the molecule is CSCC(=O)N1CCN(C)C2(CCC(=O)N(CC3CC3)CC2)C1. The molecule has 5 nitrogen and oxygen atoms in total. The standard InChI is InChI=1S/C17H29N3O2S/c1-18-9-10-20(16(22)12-23-2)13-17(18)6-5-15(21)19(8-7-17)11-14-3-4-14/h14H,3-13H2,1-2H3. The smallest absolute Gasteiger partial charge is 0.232 e. The van der Waals surface area contributed by atoms with E-state index >= 15 is 0 Å². The van der Waals surface area contributed by atoms with Crippen LogP contribution in [-0.4, -0.2) is 83.8 Å². The van der Waals surface area contributed by atoms with Gasteiger partial charge in [0.2, 0.25) is 11.8 Å². The van der Waals surface area contributed by atoms with Gasteiger partial charge in [-0.3, -0.25) is 14.5 Å². The minimum atomic E-state index is -0.0136.